The summed E-state index contributed by atoms with van der Waals surface area (Å²) in [5, 5.41) is 25.0. The van der Waals surface area contributed by atoms with E-state index in [1.54, 1.807) is 11.8 Å². The molecule has 0 aliphatic carbocycles. The molecule has 0 bridgehead atoms. The smallest absolute Gasteiger partial charge is 0.320 e. The van der Waals surface area contributed by atoms with Gasteiger partial charge in [0, 0.05) is 0 Å². The summed E-state index contributed by atoms with van der Waals surface area (Å²) in [5.41, 5.74) is 20.9. The van der Waals surface area contributed by atoms with Crippen LogP contribution in [0.25, 0.3) is 0 Å². The second kappa shape index (κ2) is 20.3. The van der Waals surface area contributed by atoms with Gasteiger partial charge in [0.15, 0.2) is 0 Å². The molecule has 0 radical (unpaired) electrons. The minimum absolute atomic E-state index is 0.0718. The van der Waals surface area contributed by atoms with Crippen LogP contribution in [0.1, 0.15) is 46.0 Å². The molecule has 10 nitrogen and oxygen atoms in total. The molecule has 168 valence electrons. The van der Waals surface area contributed by atoms with E-state index in [2.05, 4.69) is 0 Å². The van der Waals surface area contributed by atoms with Crippen LogP contribution in [-0.2, 0) is 14.4 Å². The van der Waals surface area contributed by atoms with Crippen LogP contribution in [-0.4, -0.2) is 69.9 Å². The second-order valence-corrected chi connectivity index (χ2v) is 7.19. The molecule has 28 heavy (non-hydrogen) atoms. The molecule has 0 aliphatic heterocycles. The average Bonchev–Trinajstić information content (AvgIpc) is 2.65. The standard InChI is InChI=1S/C6H14N2O2.C6H13NO2.C5H11NO2S/c7-4-2-1-3-5(8)6(9)10;1-3-4(2)5(7)6(8)9;1-9-3-2-4(6)5(7)8/h5H,1-4,7-8H2,(H,9,10);4-5H,3,7H2,1-2H3,(H,8,9);4H,2-3,6H2,1H3,(H,7,8)/t5-;4-,5-;4-/m000/s1. The average molecular weight is 427 g/mol. The number of rotatable bonds is 12. The summed E-state index contributed by atoms with van der Waals surface area (Å²) < 4.78 is 0. The van der Waals surface area contributed by atoms with Crippen molar-refractivity contribution in [3.63, 3.8) is 0 Å². The molecule has 0 aromatic carbocycles. The van der Waals surface area contributed by atoms with Crippen molar-refractivity contribution in [3.05, 3.63) is 0 Å². The highest BCUT2D eigenvalue weighted by molar-refractivity contribution is 7.98. The molecule has 11 heteroatoms. The molecule has 0 spiro atoms. The summed E-state index contributed by atoms with van der Waals surface area (Å²) in [6.45, 7) is 4.36. The third-order valence-corrected chi connectivity index (χ3v) is 4.42. The third-order valence-electron chi connectivity index (χ3n) is 3.78. The van der Waals surface area contributed by atoms with E-state index >= 15 is 0 Å². The summed E-state index contributed by atoms with van der Waals surface area (Å²) in [4.78, 5) is 30.4. The van der Waals surface area contributed by atoms with Gasteiger partial charge in [-0.1, -0.05) is 26.7 Å². The van der Waals surface area contributed by atoms with Gasteiger partial charge in [-0.05, 0) is 43.7 Å². The fraction of sp³-hybridized carbons (Fsp3) is 0.824. The highest BCUT2D eigenvalue weighted by Crippen LogP contribution is 2.04. The first-order valence-corrected chi connectivity index (χ1v) is 10.5. The minimum Gasteiger partial charge on any atom is -0.480 e. The SMILES string of the molecule is CC[C@H](C)[C@H](N)C(=O)O.CSCC[C@H](N)C(=O)O.NCCCC[C@H](N)C(=O)O. The van der Waals surface area contributed by atoms with Crippen LogP contribution in [0.2, 0.25) is 0 Å². The van der Waals surface area contributed by atoms with Gasteiger partial charge in [-0.15, -0.1) is 0 Å². The Bertz CT molecular complexity index is 428. The molecule has 0 aliphatic rings. The van der Waals surface area contributed by atoms with Crippen molar-refractivity contribution in [2.45, 2.75) is 64.1 Å². The quantitative estimate of drug-likeness (QED) is 0.208. The molecule has 0 saturated carbocycles. The molecule has 0 amide bonds. The van der Waals surface area contributed by atoms with E-state index in [1.807, 2.05) is 20.1 Å². The lowest BCUT2D eigenvalue weighted by Gasteiger charge is -2.11. The zero-order valence-electron chi connectivity index (χ0n) is 17.0. The first kappa shape index (κ1) is 31.3. The first-order chi connectivity index (χ1) is 13.0. The first-order valence-electron chi connectivity index (χ1n) is 9.10. The van der Waals surface area contributed by atoms with E-state index in [9.17, 15) is 14.4 Å². The van der Waals surface area contributed by atoms with Gasteiger partial charge in [-0.25, -0.2) is 0 Å². The van der Waals surface area contributed by atoms with Crippen molar-refractivity contribution in [3.8, 4) is 0 Å². The second-order valence-electron chi connectivity index (χ2n) is 6.20. The van der Waals surface area contributed by atoms with Crippen molar-refractivity contribution in [2.75, 3.05) is 18.6 Å². The Labute approximate surface area is 171 Å². The molecule has 11 N–H and O–H groups in total. The molecule has 0 heterocycles. The van der Waals surface area contributed by atoms with Crippen LogP contribution in [0.4, 0.5) is 0 Å². The topological polar surface area (TPSA) is 216 Å². The number of carboxylic acids is 3. The van der Waals surface area contributed by atoms with Crippen LogP contribution < -0.4 is 22.9 Å². The number of unbranched alkanes of at least 4 members (excludes halogenated alkanes) is 1. The largest absolute Gasteiger partial charge is 0.480 e. The van der Waals surface area contributed by atoms with E-state index in [4.69, 9.17) is 38.3 Å². The van der Waals surface area contributed by atoms with Crippen LogP contribution in [0, 0.1) is 5.92 Å². The summed E-state index contributed by atoms with van der Waals surface area (Å²) in [6.07, 6.45) is 5.45. The van der Waals surface area contributed by atoms with Gasteiger partial charge in [0.05, 0.1) is 0 Å². The number of nitrogens with two attached hydrogens (primary N) is 4. The Kier molecular flexibility index (Phi) is 22.7. The zero-order valence-corrected chi connectivity index (χ0v) is 17.9. The summed E-state index contributed by atoms with van der Waals surface area (Å²) in [6, 6.07) is -2.10. The van der Waals surface area contributed by atoms with Crippen molar-refractivity contribution < 1.29 is 29.7 Å². The molecule has 0 rings (SSSR count). The molecule has 0 aromatic heterocycles. The maximum atomic E-state index is 10.2. The molecular formula is C17H38N4O6S. The minimum atomic E-state index is -0.933. The van der Waals surface area contributed by atoms with Crippen molar-refractivity contribution in [1.82, 2.24) is 0 Å². The van der Waals surface area contributed by atoms with Gasteiger partial charge < -0.3 is 38.3 Å². The van der Waals surface area contributed by atoms with Crippen molar-refractivity contribution in [2.24, 2.45) is 28.9 Å². The van der Waals surface area contributed by atoms with Crippen molar-refractivity contribution >= 4 is 29.7 Å². The van der Waals surface area contributed by atoms with Crippen molar-refractivity contribution in [1.29, 1.82) is 0 Å². The fourth-order valence-corrected chi connectivity index (χ4v) is 1.99. The normalized spacial score (nSPS) is 14.2. The highest BCUT2D eigenvalue weighted by Gasteiger charge is 2.17. The summed E-state index contributed by atoms with van der Waals surface area (Å²) in [7, 11) is 0. The lowest BCUT2D eigenvalue weighted by atomic mass is 10.0. The molecule has 4 atom stereocenters. The van der Waals surface area contributed by atoms with Crippen LogP contribution >= 0.6 is 11.8 Å². The van der Waals surface area contributed by atoms with Gasteiger partial charge >= 0.3 is 17.9 Å². The lowest BCUT2D eigenvalue weighted by molar-refractivity contribution is -0.140. The third kappa shape index (κ3) is 20.9. The maximum Gasteiger partial charge on any atom is 0.320 e. The Hall–Kier alpha value is -1.40. The molecule has 0 fully saturated rings. The van der Waals surface area contributed by atoms with E-state index in [1.165, 1.54) is 0 Å². The molecule has 0 aromatic rings. The zero-order chi connectivity index (χ0) is 22.7. The predicted molar refractivity (Wildman–Crippen MR) is 112 cm³/mol. The maximum absolute atomic E-state index is 10.2. The molecule has 0 unspecified atom stereocenters. The predicted octanol–water partition coefficient (Wildman–Crippen LogP) is 0.123. The van der Waals surface area contributed by atoms with Gasteiger partial charge in [0.25, 0.3) is 0 Å². The van der Waals surface area contributed by atoms with Gasteiger partial charge in [-0.2, -0.15) is 11.8 Å². The number of carboxylic acid groups (broad SMARTS) is 3. The van der Waals surface area contributed by atoms with Crippen LogP contribution in [0.3, 0.4) is 0 Å². The van der Waals surface area contributed by atoms with Gasteiger partial charge in [0.1, 0.15) is 18.1 Å². The Morgan fingerprint density at radius 2 is 1.36 bits per heavy atom. The fourth-order valence-electron chi connectivity index (χ4n) is 1.50. The molecular weight excluding hydrogens is 388 g/mol. The van der Waals surface area contributed by atoms with Crippen LogP contribution in [0.15, 0.2) is 0 Å². The number of carbonyl (C=O) groups is 3. The Balaban J connectivity index is -0.000000336. The van der Waals surface area contributed by atoms with E-state index < -0.39 is 36.0 Å². The van der Waals surface area contributed by atoms with E-state index in [0.29, 0.717) is 19.4 Å². The van der Waals surface area contributed by atoms with Gasteiger partial charge in [0.2, 0.25) is 0 Å². The molecule has 0 saturated heterocycles. The Morgan fingerprint density at radius 3 is 1.64 bits per heavy atom. The highest BCUT2D eigenvalue weighted by atomic mass is 32.2. The number of hydrogen-bond donors (Lipinski definition) is 7. The monoisotopic (exact) mass is 426 g/mol. The number of thioether (sulfide) groups is 1. The lowest BCUT2D eigenvalue weighted by Crippen LogP contribution is -2.36. The number of aliphatic carboxylic acids is 3. The Morgan fingerprint density at radius 1 is 0.893 bits per heavy atom. The van der Waals surface area contributed by atoms with Crippen LogP contribution in [0.5, 0.6) is 0 Å². The summed E-state index contributed by atoms with van der Waals surface area (Å²) >= 11 is 1.60. The van der Waals surface area contributed by atoms with Gasteiger partial charge in [-0.3, -0.25) is 14.4 Å². The van der Waals surface area contributed by atoms with E-state index in [-0.39, 0.29) is 5.92 Å². The number of hydrogen-bond acceptors (Lipinski definition) is 8. The summed E-state index contributed by atoms with van der Waals surface area (Å²) in [5.74, 6) is -1.87. The van der Waals surface area contributed by atoms with E-state index in [0.717, 1.165) is 25.0 Å².